The molecule has 0 spiro atoms. The summed E-state index contributed by atoms with van der Waals surface area (Å²) < 4.78 is 0. The van der Waals surface area contributed by atoms with Crippen LogP contribution in [0.15, 0.2) is 0 Å². The van der Waals surface area contributed by atoms with Crippen molar-refractivity contribution in [2.45, 2.75) is 33.6 Å². The van der Waals surface area contributed by atoms with Crippen LogP contribution in [0.1, 0.15) is 33.6 Å². The molecule has 2 saturated carbocycles. The first-order valence-corrected chi connectivity index (χ1v) is 4.45. The summed E-state index contributed by atoms with van der Waals surface area (Å²) in [5, 5.41) is 0. The highest BCUT2D eigenvalue weighted by Gasteiger charge is 2.65. The molecule has 0 N–H and O–H groups in total. The Morgan fingerprint density at radius 1 is 1.25 bits per heavy atom. The number of carbonyl (C=O) groups is 2. The van der Waals surface area contributed by atoms with E-state index in [9.17, 15) is 9.59 Å². The quantitative estimate of drug-likeness (QED) is 0.547. The van der Waals surface area contributed by atoms with Gasteiger partial charge < -0.3 is 0 Å². The van der Waals surface area contributed by atoms with Gasteiger partial charge in [-0.05, 0) is 5.41 Å². The van der Waals surface area contributed by atoms with Gasteiger partial charge in [0.2, 0.25) is 0 Å². The highest BCUT2D eigenvalue weighted by molar-refractivity contribution is 6.04. The molecule has 0 amide bonds. The Kier molecular flexibility index (Phi) is 1.20. The summed E-state index contributed by atoms with van der Waals surface area (Å²) in [6.07, 6.45) is 0.964. The van der Waals surface area contributed by atoms with E-state index >= 15 is 0 Å². The molecule has 12 heavy (non-hydrogen) atoms. The van der Waals surface area contributed by atoms with Crippen molar-refractivity contribution in [3.05, 3.63) is 0 Å². The summed E-state index contributed by atoms with van der Waals surface area (Å²) in [6, 6.07) is 0. The first kappa shape index (κ1) is 7.96. The Bertz CT molecular complexity index is 278. The molecule has 0 aliphatic heterocycles. The van der Waals surface area contributed by atoms with Gasteiger partial charge in [0.25, 0.3) is 0 Å². The molecule has 2 unspecified atom stereocenters. The summed E-state index contributed by atoms with van der Waals surface area (Å²) in [7, 11) is 0. The zero-order chi connectivity index (χ0) is 9.15. The van der Waals surface area contributed by atoms with E-state index in [0.29, 0.717) is 18.6 Å². The molecule has 2 aliphatic rings. The lowest BCUT2D eigenvalue weighted by Crippen LogP contribution is -2.32. The van der Waals surface area contributed by atoms with Crippen molar-refractivity contribution in [1.82, 2.24) is 0 Å². The number of hydrogen-bond donors (Lipinski definition) is 0. The van der Waals surface area contributed by atoms with Gasteiger partial charge in [0, 0.05) is 24.2 Å². The summed E-state index contributed by atoms with van der Waals surface area (Å²) in [5.74, 6) is 0.592. The Hall–Kier alpha value is -0.660. The predicted octanol–water partition coefficient (Wildman–Crippen LogP) is 1.58. The van der Waals surface area contributed by atoms with Crippen LogP contribution in [0.4, 0.5) is 0 Å². The molecule has 2 aliphatic carbocycles. The maximum Gasteiger partial charge on any atom is 0.140 e. The molecule has 0 radical (unpaired) electrons. The molecule has 2 fully saturated rings. The van der Waals surface area contributed by atoms with Crippen molar-refractivity contribution in [2.75, 3.05) is 0 Å². The largest absolute Gasteiger partial charge is 0.299 e. The fraction of sp³-hybridized carbons (Fsp3) is 0.800. The van der Waals surface area contributed by atoms with E-state index in [1.807, 2.05) is 20.8 Å². The maximum atomic E-state index is 11.6. The van der Waals surface area contributed by atoms with Gasteiger partial charge in [-0.25, -0.2) is 0 Å². The molecule has 2 heteroatoms. The zero-order valence-electron chi connectivity index (χ0n) is 7.81. The minimum atomic E-state index is -0.352. The molecule has 66 valence electrons. The molecule has 0 saturated heterocycles. The van der Waals surface area contributed by atoms with E-state index in [1.165, 1.54) is 0 Å². The van der Waals surface area contributed by atoms with Crippen LogP contribution in [0.5, 0.6) is 0 Å². The lowest BCUT2D eigenvalue weighted by molar-refractivity contribution is -0.133. The highest BCUT2D eigenvalue weighted by Crippen LogP contribution is 2.61. The van der Waals surface area contributed by atoms with Crippen LogP contribution in [0.3, 0.4) is 0 Å². The SMILES string of the molecule is CC12CC(=O)C(CC1=O)C2(C)C. The van der Waals surface area contributed by atoms with Crippen molar-refractivity contribution in [1.29, 1.82) is 0 Å². The second-order valence-electron chi connectivity index (χ2n) is 4.88. The third-order valence-corrected chi connectivity index (χ3v) is 4.21. The molecule has 0 aromatic heterocycles. The summed E-state index contributed by atoms with van der Waals surface area (Å²) in [6.45, 7) is 6.04. The first-order valence-electron chi connectivity index (χ1n) is 4.45. The summed E-state index contributed by atoms with van der Waals surface area (Å²) in [4.78, 5) is 23.0. The second-order valence-corrected chi connectivity index (χ2v) is 4.88. The Morgan fingerprint density at radius 3 is 2.08 bits per heavy atom. The molecule has 2 bridgehead atoms. The Labute approximate surface area is 72.3 Å². The van der Waals surface area contributed by atoms with Crippen LogP contribution in [0.2, 0.25) is 0 Å². The lowest BCUT2D eigenvalue weighted by atomic mass is 9.70. The van der Waals surface area contributed by atoms with Gasteiger partial charge in [0.1, 0.15) is 11.6 Å². The molecule has 2 atom stereocenters. The van der Waals surface area contributed by atoms with Crippen LogP contribution in [-0.4, -0.2) is 11.6 Å². The van der Waals surface area contributed by atoms with Gasteiger partial charge in [-0.1, -0.05) is 20.8 Å². The van der Waals surface area contributed by atoms with E-state index < -0.39 is 0 Å². The van der Waals surface area contributed by atoms with Gasteiger partial charge in [0.05, 0.1) is 0 Å². The average molecular weight is 166 g/mol. The number of Topliss-reactive ketones (excluding diaryl/α,β-unsaturated/α-hetero) is 2. The third kappa shape index (κ3) is 0.584. The first-order chi connectivity index (χ1) is 5.39. The minimum absolute atomic E-state index is 0.00926. The van der Waals surface area contributed by atoms with Crippen molar-refractivity contribution in [3.63, 3.8) is 0 Å². The highest BCUT2D eigenvalue weighted by atomic mass is 16.1. The van der Waals surface area contributed by atoms with Crippen molar-refractivity contribution in [3.8, 4) is 0 Å². The van der Waals surface area contributed by atoms with Crippen molar-refractivity contribution in [2.24, 2.45) is 16.7 Å². The predicted molar refractivity (Wildman–Crippen MR) is 44.6 cm³/mol. The number of fused-ring (bicyclic) bond motifs is 2. The van der Waals surface area contributed by atoms with E-state index in [-0.39, 0.29) is 22.5 Å². The van der Waals surface area contributed by atoms with Crippen LogP contribution in [0, 0.1) is 16.7 Å². The molecule has 0 aromatic carbocycles. The zero-order valence-corrected chi connectivity index (χ0v) is 7.81. The Balaban J connectivity index is 2.54. The molecular weight excluding hydrogens is 152 g/mol. The molecule has 2 nitrogen and oxygen atoms in total. The number of rotatable bonds is 0. The summed E-state index contributed by atoms with van der Waals surface area (Å²) >= 11 is 0. The smallest absolute Gasteiger partial charge is 0.140 e. The van der Waals surface area contributed by atoms with Crippen molar-refractivity contribution >= 4 is 11.6 Å². The van der Waals surface area contributed by atoms with Gasteiger partial charge in [-0.15, -0.1) is 0 Å². The maximum absolute atomic E-state index is 11.6. The van der Waals surface area contributed by atoms with Gasteiger partial charge in [-0.3, -0.25) is 9.59 Å². The minimum Gasteiger partial charge on any atom is -0.299 e. The number of carbonyl (C=O) groups excluding carboxylic acids is 2. The average Bonchev–Trinajstić information content (AvgIpc) is 2.18. The van der Waals surface area contributed by atoms with Gasteiger partial charge in [-0.2, -0.15) is 0 Å². The molecule has 2 rings (SSSR count). The van der Waals surface area contributed by atoms with Crippen LogP contribution in [-0.2, 0) is 9.59 Å². The van der Waals surface area contributed by atoms with Gasteiger partial charge >= 0.3 is 0 Å². The monoisotopic (exact) mass is 166 g/mol. The third-order valence-electron chi connectivity index (χ3n) is 4.21. The lowest BCUT2D eigenvalue weighted by Gasteiger charge is -2.31. The topological polar surface area (TPSA) is 34.1 Å². The van der Waals surface area contributed by atoms with Crippen LogP contribution in [0.25, 0.3) is 0 Å². The molecule has 0 heterocycles. The number of hydrogen-bond acceptors (Lipinski definition) is 2. The Morgan fingerprint density at radius 2 is 1.83 bits per heavy atom. The van der Waals surface area contributed by atoms with E-state index in [4.69, 9.17) is 0 Å². The summed E-state index contributed by atoms with van der Waals surface area (Å²) in [5.41, 5.74) is -0.448. The molecular formula is C10H14O2. The normalized spacial score (nSPS) is 44.1. The van der Waals surface area contributed by atoms with E-state index in [0.717, 1.165) is 0 Å². The van der Waals surface area contributed by atoms with E-state index in [1.54, 1.807) is 0 Å². The number of ketones is 2. The fourth-order valence-electron chi connectivity index (χ4n) is 2.72. The fourth-order valence-corrected chi connectivity index (χ4v) is 2.72. The van der Waals surface area contributed by atoms with Crippen molar-refractivity contribution < 1.29 is 9.59 Å². The molecule has 0 aromatic rings. The standard InChI is InChI=1S/C10H14O2/c1-9(2)6-4-8(12)10(9,3)5-7(6)11/h6H,4-5H2,1-3H3. The van der Waals surface area contributed by atoms with E-state index in [2.05, 4.69) is 0 Å². The van der Waals surface area contributed by atoms with Crippen LogP contribution < -0.4 is 0 Å². The van der Waals surface area contributed by atoms with Crippen LogP contribution >= 0.6 is 0 Å². The van der Waals surface area contributed by atoms with Gasteiger partial charge in [0.15, 0.2) is 0 Å². The second kappa shape index (κ2) is 1.81.